The van der Waals surface area contributed by atoms with Crippen molar-refractivity contribution in [1.82, 2.24) is 10.2 Å². The maximum absolute atomic E-state index is 12.4. The van der Waals surface area contributed by atoms with Crippen LogP contribution < -0.4 is 15.0 Å². The minimum Gasteiger partial charge on any atom is -0.495 e. The third-order valence-electron chi connectivity index (χ3n) is 4.37. The van der Waals surface area contributed by atoms with Crippen molar-refractivity contribution in [3.63, 3.8) is 0 Å². The van der Waals surface area contributed by atoms with Crippen LogP contribution in [-0.2, 0) is 6.54 Å². The van der Waals surface area contributed by atoms with Crippen LogP contribution in [0.5, 0.6) is 5.75 Å². The van der Waals surface area contributed by atoms with Crippen molar-refractivity contribution in [1.29, 1.82) is 5.26 Å². The fraction of sp³-hybridized carbons (Fsp3) is 0.500. The van der Waals surface area contributed by atoms with E-state index in [9.17, 15) is 4.79 Å². The monoisotopic (exact) mass is 300 g/mol. The number of hydrogen-bond donors (Lipinski definition) is 1. The van der Waals surface area contributed by atoms with E-state index < -0.39 is 0 Å². The van der Waals surface area contributed by atoms with Gasteiger partial charge in [0.2, 0.25) is 0 Å². The highest BCUT2D eigenvalue weighted by molar-refractivity contribution is 5.94. The highest BCUT2D eigenvalue weighted by Crippen LogP contribution is 2.38. The van der Waals surface area contributed by atoms with E-state index in [0.717, 1.165) is 36.3 Å². The van der Waals surface area contributed by atoms with Crippen LogP contribution in [0, 0.1) is 11.3 Å². The molecule has 0 bridgehead atoms. The fourth-order valence-electron chi connectivity index (χ4n) is 3.18. The molecular weight excluding hydrogens is 280 g/mol. The molecule has 22 heavy (non-hydrogen) atoms. The lowest BCUT2D eigenvalue weighted by Crippen LogP contribution is -2.47. The van der Waals surface area contributed by atoms with Gasteiger partial charge in [0.1, 0.15) is 5.75 Å². The quantitative estimate of drug-likeness (QED) is 0.927. The number of benzene rings is 1. The number of urea groups is 1. The van der Waals surface area contributed by atoms with Gasteiger partial charge in [-0.25, -0.2) is 4.79 Å². The molecule has 1 saturated heterocycles. The van der Waals surface area contributed by atoms with Crippen LogP contribution >= 0.6 is 0 Å². The van der Waals surface area contributed by atoms with Crippen molar-refractivity contribution >= 4 is 11.7 Å². The number of amides is 2. The summed E-state index contributed by atoms with van der Waals surface area (Å²) in [5.74, 6) is 0.689. The molecule has 2 aliphatic rings. The first kappa shape index (κ1) is 14.7. The Morgan fingerprint density at radius 2 is 2.27 bits per heavy atom. The summed E-state index contributed by atoms with van der Waals surface area (Å²) in [6.07, 6.45) is 1.37. The Morgan fingerprint density at radius 3 is 3.00 bits per heavy atom. The van der Waals surface area contributed by atoms with Gasteiger partial charge in [-0.15, -0.1) is 0 Å². The van der Waals surface area contributed by atoms with Gasteiger partial charge in [-0.1, -0.05) is 0 Å². The molecule has 1 fully saturated rings. The van der Waals surface area contributed by atoms with Gasteiger partial charge in [0.15, 0.2) is 0 Å². The molecule has 1 aromatic rings. The van der Waals surface area contributed by atoms with Crippen LogP contribution in [-0.4, -0.2) is 38.2 Å². The number of carbonyl (C=O) groups excluding carboxylic acids is 1. The molecule has 2 aliphatic heterocycles. The molecule has 0 aliphatic carbocycles. The third kappa shape index (κ3) is 2.38. The van der Waals surface area contributed by atoms with E-state index in [2.05, 4.69) is 11.4 Å². The highest BCUT2D eigenvalue weighted by Gasteiger charge is 2.30. The van der Waals surface area contributed by atoms with E-state index in [-0.39, 0.29) is 12.1 Å². The SMILES string of the molecule is COc1cc2c(cc1N1CCCN(C)C1=O)CNC2CC#N. The van der Waals surface area contributed by atoms with E-state index in [1.54, 1.807) is 16.9 Å². The molecule has 0 saturated carbocycles. The van der Waals surface area contributed by atoms with Gasteiger partial charge in [0.25, 0.3) is 0 Å². The number of fused-ring (bicyclic) bond motifs is 1. The second kappa shape index (κ2) is 5.85. The lowest BCUT2D eigenvalue weighted by atomic mass is 10.0. The van der Waals surface area contributed by atoms with E-state index in [0.29, 0.717) is 18.7 Å². The van der Waals surface area contributed by atoms with Crippen molar-refractivity contribution in [2.24, 2.45) is 0 Å². The zero-order chi connectivity index (χ0) is 15.7. The van der Waals surface area contributed by atoms with Gasteiger partial charge >= 0.3 is 6.03 Å². The van der Waals surface area contributed by atoms with Gasteiger partial charge in [-0.2, -0.15) is 5.26 Å². The Bertz CT molecular complexity index is 638. The fourth-order valence-corrected chi connectivity index (χ4v) is 3.18. The number of hydrogen-bond acceptors (Lipinski definition) is 4. The van der Waals surface area contributed by atoms with Crippen LogP contribution in [0.3, 0.4) is 0 Å². The summed E-state index contributed by atoms with van der Waals surface area (Å²) >= 11 is 0. The highest BCUT2D eigenvalue weighted by atomic mass is 16.5. The van der Waals surface area contributed by atoms with Crippen molar-refractivity contribution in [2.75, 3.05) is 32.1 Å². The maximum atomic E-state index is 12.4. The molecule has 2 amide bonds. The molecule has 1 aromatic carbocycles. The Balaban J connectivity index is 1.99. The summed E-state index contributed by atoms with van der Waals surface area (Å²) in [5, 5.41) is 12.3. The second-order valence-electron chi connectivity index (χ2n) is 5.73. The molecule has 1 atom stereocenters. The number of nitrogens with zero attached hydrogens (tertiary/aromatic N) is 3. The number of nitriles is 1. The predicted molar refractivity (Wildman–Crippen MR) is 82.8 cm³/mol. The van der Waals surface area contributed by atoms with Gasteiger partial charge in [0, 0.05) is 32.7 Å². The molecule has 1 unspecified atom stereocenters. The van der Waals surface area contributed by atoms with Gasteiger partial charge in [-0.05, 0) is 29.7 Å². The standard InChI is InChI=1S/C16H20N4O2/c1-19-6-3-7-20(16(19)21)14-8-11-10-18-13(4-5-17)12(11)9-15(14)22-2/h8-9,13,18H,3-4,6-7,10H2,1-2H3. The number of nitrogens with one attached hydrogen (secondary N) is 1. The Kier molecular flexibility index (Phi) is 3.90. The van der Waals surface area contributed by atoms with Crippen LogP contribution in [0.25, 0.3) is 0 Å². The Morgan fingerprint density at radius 1 is 1.45 bits per heavy atom. The normalized spacial score (nSPS) is 20.8. The first-order valence-corrected chi connectivity index (χ1v) is 7.49. The van der Waals surface area contributed by atoms with Gasteiger partial charge in [-0.3, -0.25) is 4.90 Å². The average molecular weight is 300 g/mol. The summed E-state index contributed by atoms with van der Waals surface area (Å²) in [5.41, 5.74) is 3.05. The summed E-state index contributed by atoms with van der Waals surface area (Å²) in [7, 11) is 3.43. The van der Waals surface area contributed by atoms with Crippen LogP contribution in [0.4, 0.5) is 10.5 Å². The van der Waals surface area contributed by atoms with Gasteiger partial charge < -0.3 is 15.0 Å². The molecule has 0 spiro atoms. The Labute approximate surface area is 130 Å². The average Bonchev–Trinajstić information content (AvgIpc) is 2.91. The molecule has 1 N–H and O–H groups in total. The van der Waals surface area contributed by atoms with Crippen molar-refractivity contribution in [3.05, 3.63) is 23.3 Å². The first-order valence-electron chi connectivity index (χ1n) is 7.49. The molecule has 6 heteroatoms. The minimum absolute atomic E-state index is 0.00373. The minimum atomic E-state index is 0.00373. The van der Waals surface area contributed by atoms with Crippen LogP contribution in [0.2, 0.25) is 0 Å². The van der Waals surface area contributed by atoms with E-state index in [4.69, 9.17) is 10.00 Å². The summed E-state index contributed by atoms with van der Waals surface area (Å²) in [4.78, 5) is 15.9. The number of anilines is 1. The van der Waals surface area contributed by atoms with E-state index in [1.807, 2.05) is 19.2 Å². The molecule has 0 aromatic heterocycles. The smallest absolute Gasteiger partial charge is 0.324 e. The molecule has 116 valence electrons. The number of ether oxygens (including phenoxy) is 1. The summed E-state index contributed by atoms with van der Waals surface area (Å²) in [6.45, 7) is 2.21. The molecule has 0 radical (unpaired) electrons. The number of rotatable bonds is 3. The van der Waals surface area contributed by atoms with Crippen LogP contribution in [0.1, 0.15) is 30.0 Å². The first-order chi connectivity index (χ1) is 10.7. The summed E-state index contributed by atoms with van der Waals surface area (Å²) < 4.78 is 5.51. The van der Waals surface area contributed by atoms with Crippen molar-refractivity contribution in [3.8, 4) is 11.8 Å². The lowest BCUT2D eigenvalue weighted by molar-refractivity contribution is 0.207. The van der Waals surface area contributed by atoms with Crippen molar-refractivity contribution in [2.45, 2.75) is 25.4 Å². The third-order valence-corrected chi connectivity index (χ3v) is 4.37. The molecule has 6 nitrogen and oxygen atoms in total. The molecule has 2 heterocycles. The largest absolute Gasteiger partial charge is 0.495 e. The maximum Gasteiger partial charge on any atom is 0.324 e. The topological polar surface area (TPSA) is 68.6 Å². The molecular formula is C16H20N4O2. The number of methoxy groups -OCH3 is 1. The van der Waals surface area contributed by atoms with E-state index in [1.165, 1.54) is 0 Å². The second-order valence-corrected chi connectivity index (χ2v) is 5.73. The van der Waals surface area contributed by atoms with Gasteiger partial charge in [0.05, 0.1) is 25.3 Å². The molecule has 3 rings (SSSR count). The lowest BCUT2D eigenvalue weighted by Gasteiger charge is -2.34. The van der Waals surface area contributed by atoms with Crippen LogP contribution in [0.15, 0.2) is 12.1 Å². The number of carbonyl (C=O) groups is 1. The Hall–Kier alpha value is -2.26. The van der Waals surface area contributed by atoms with E-state index >= 15 is 0 Å². The zero-order valence-electron chi connectivity index (χ0n) is 12.9. The predicted octanol–water partition coefficient (Wildman–Crippen LogP) is 2.02. The van der Waals surface area contributed by atoms with Crippen molar-refractivity contribution < 1.29 is 9.53 Å². The zero-order valence-corrected chi connectivity index (χ0v) is 12.9. The summed E-state index contributed by atoms with van der Waals surface area (Å²) in [6, 6.07) is 6.24.